The summed E-state index contributed by atoms with van der Waals surface area (Å²) in [4.78, 5) is 13.1. The van der Waals surface area contributed by atoms with Gasteiger partial charge in [-0.25, -0.2) is 17.9 Å². The highest BCUT2D eigenvalue weighted by atomic mass is 32.2. The number of carboxylic acids is 1. The van der Waals surface area contributed by atoms with Gasteiger partial charge in [-0.15, -0.1) is 0 Å². The minimum absolute atomic E-state index is 0.0504. The molecule has 1 rings (SSSR count). The molecule has 0 aliphatic carbocycles. The lowest BCUT2D eigenvalue weighted by molar-refractivity contribution is 0.0691. The van der Waals surface area contributed by atoms with Crippen molar-refractivity contribution in [3.8, 4) is 0 Å². The van der Waals surface area contributed by atoms with Gasteiger partial charge >= 0.3 is 5.97 Å². The fraction of sp³-hybridized carbons (Fsp3) is 0.615. The first-order valence-corrected chi connectivity index (χ1v) is 8.14. The highest BCUT2D eigenvalue weighted by molar-refractivity contribution is 7.89. The minimum atomic E-state index is -3.67. The lowest BCUT2D eigenvalue weighted by atomic mass is 10.0. The van der Waals surface area contributed by atoms with Crippen molar-refractivity contribution >= 4 is 16.0 Å². The summed E-state index contributed by atoms with van der Waals surface area (Å²) in [6.07, 6.45) is 3.95. The predicted molar refractivity (Wildman–Crippen MR) is 76.2 cm³/mol. The molecular formula is C13H22N2O4S. The van der Waals surface area contributed by atoms with Gasteiger partial charge in [-0.1, -0.05) is 26.7 Å². The van der Waals surface area contributed by atoms with Crippen molar-refractivity contribution < 1.29 is 18.3 Å². The summed E-state index contributed by atoms with van der Waals surface area (Å²) in [5.41, 5.74) is -0.141. The number of carbonyl (C=O) groups is 1. The Hall–Kier alpha value is -1.34. The van der Waals surface area contributed by atoms with Gasteiger partial charge in [-0.2, -0.15) is 0 Å². The van der Waals surface area contributed by atoms with Crippen molar-refractivity contribution in [2.24, 2.45) is 5.92 Å². The third-order valence-corrected chi connectivity index (χ3v) is 4.54. The van der Waals surface area contributed by atoms with E-state index in [1.54, 1.807) is 0 Å². The van der Waals surface area contributed by atoms with E-state index in [0.29, 0.717) is 5.92 Å². The SMILES string of the molecule is CC(C)CCCC(C)NS(=O)(=O)c1c[nH]c(C(=O)O)c1. The minimum Gasteiger partial charge on any atom is -0.477 e. The quantitative estimate of drug-likeness (QED) is 0.685. The standard InChI is InChI=1S/C13H22N2O4S/c1-9(2)5-4-6-10(3)15-20(18,19)11-7-12(13(16)17)14-8-11/h7-10,14-15H,4-6H2,1-3H3,(H,16,17). The maximum Gasteiger partial charge on any atom is 0.352 e. The van der Waals surface area contributed by atoms with Crippen molar-refractivity contribution in [1.29, 1.82) is 0 Å². The molecule has 0 fully saturated rings. The smallest absolute Gasteiger partial charge is 0.352 e. The van der Waals surface area contributed by atoms with Crippen molar-refractivity contribution in [1.82, 2.24) is 9.71 Å². The number of aromatic amines is 1. The van der Waals surface area contributed by atoms with E-state index in [-0.39, 0.29) is 16.6 Å². The molecule has 1 atom stereocenters. The third-order valence-electron chi connectivity index (χ3n) is 2.97. The molecule has 0 aromatic carbocycles. The summed E-state index contributed by atoms with van der Waals surface area (Å²) < 4.78 is 26.7. The van der Waals surface area contributed by atoms with Crippen LogP contribution in [0.4, 0.5) is 0 Å². The normalized spacial score (nSPS) is 13.6. The first-order chi connectivity index (χ1) is 9.22. The molecule has 0 spiro atoms. The largest absolute Gasteiger partial charge is 0.477 e. The molecule has 3 N–H and O–H groups in total. The molecule has 20 heavy (non-hydrogen) atoms. The average molecular weight is 302 g/mol. The van der Waals surface area contributed by atoms with Crippen LogP contribution in [0.1, 0.15) is 50.5 Å². The molecular weight excluding hydrogens is 280 g/mol. The second-order valence-corrected chi connectivity index (χ2v) is 7.12. The van der Waals surface area contributed by atoms with E-state index in [1.165, 1.54) is 6.20 Å². The van der Waals surface area contributed by atoms with Gasteiger partial charge in [0.15, 0.2) is 0 Å². The summed E-state index contributed by atoms with van der Waals surface area (Å²) in [5.74, 6) is -0.585. The van der Waals surface area contributed by atoms with E-state index in [2.05, 4.69) is 23.6 Å². The van der Waals surface area contributed by atoms with Gasteiger partial charge in [0.2, 0.25) is 10.0 Å². The number of sulfonamides is 1. The fourth-order valence-corrected chi connectivity index (χ4v) is 3.15. The Bertz CT molecular complexity index is 548. The lowest BCUT2D eigenvalue weighted by Gasteiger charge is -2.14. The molecule has 7 heteroatoms. The zero-order valence-electron chi connectivity index (χ0n) is 12.0. The van der Waals surface area contributed by atoms with Gasteiger partial charge in [-0.3, -0.25) is 0 Å². The molecule has 114 valence electrons. The summed E-state index contributed by atoms with van der Waals surface area (Å²) in [6, 6.07) is 0.938. The molecule has 0 aliphatic heterocycles. The third kappa shape index (κ3) is 4.97. The molecule has 1 heterocycles. The molecule has 6 nitrogen and oxygen atoms in total. The van der Waals surface area contributed by atoms with E-state index in [0.717, 1.165) is 25.3 Å². The molecule has 0 bridgehead atoms. The summed E-state index contributed by atoms with van der Waals surface area (Å²) >= 11 is 0. The van der Waals surface area contributed by atoms with Crippen molar-refractivity contribution in [3.05, 3.63) is 18.0 Å². The molecule has 1 aromatic rings. The van der Waals surface area contributed by atoms with Gasteiger partial charge in [0.05, 0.1) is 0 Å². The van der Waals surface area contributed by atoms with Crippen LogP contribution < -0.4 is 4.72 Å². The number of aromatic carboxylic acids is 1. The molecule has 0 aliphatic rings. The number of aromatic nitrogens is 1. The molecule has 1 aromatic heterocycles. The van der Waals surface area contributed by atoms with E-state index in [9.17, 15) is 13.2 Å². The number of rotatable bonds is 8. The van der Waals surface area contributed by atoms with Crippen LogP contribution in [0.3, 0.4) is 0 Å². The second kappa shape index (κ2) is 6.90. The highest BCUT2D eigenvalue weighted by Crippen LogP contribution is 2.13. The van der Waals surface area contributed by atoms with Crippen LogP contribution in [0.15, 0.2) is 17.2 Å². The summed E-state index contributed by atoms with van der Waals surface area (Å²) in [6.45, 7) is 6.06. The Morgan fingerprint density at radius 2 is 2.00 bits per heavy atom. The van der Waals surface area contributed by atoms with Gasteiger partial charge in [-0.05, 0) is 25.3 Å². The van der Waals surface area contributed by atoms with Crippen LogP contribution in [-0.2, 0) is 10.0 Å². The zero-order valence-corrected chi connectivity index (χ0v) is 12.8. The van der Waals surface area contributed by atoms with Crippen LogP contribution in [0.25, 0.3) is 0 Å². The van der Waals surface area contributed by atoms with Gasteiger partial charge in [0, 0.05) is 12.2 Å². The zero-order chi connectivity index (χ0) is 15.3. The first-order valence-electron chi connectivity index (χ1n) is 6.66. The highest BCUT2D eigenvalue weighted by Gasteiger charge is 2.20. The Balaban J connectivity index is 2.62. The van der Waals surface area contributed by atoms with Crippen LogP contribution in [0, 0.1) is 5.92 Å². The maximum absolute atomic E-state index is 12.1. The Morgan fingerprint density at radius 1 is 1.35 bits per heavy atom. The van der Waals surface area contributed by atoms with Crippen LogP contribution in [0.2, 0.25) is 0 Å². The van der Waals surface area contributed by atoms with Crippen LogP contribution in [-0.4, -0.2) is 30.5 Å². The number of nitrogens with one attached hydrogen (secondary N) is 2. The average Bonchev–Trinajstić information content (AvgIpc) is 2.77. The van der Waals surface area contributed by atoms with Crippen LogP contribution in [0.5, 0.6) is 0 Å². The topological polar surface area (TPSA) is 99.3 Å². The van der Waals surface area contributed by atoms with Crippen molar-refractivity contribution in [3.63, 3.8) is 0 Å². The number of H-pyrrole nitrogens is 1. The van der Waals surface area contributed by atoms with Gasteiger partial charge < -0.3 is 10.1 Å². The lowest BCUT2D eigenvalue weighted by Crippen LogP contribution is -2.32. The summed E-state index contributed by atoms with van der Waals surface area (Å²) in [7, 11) is -3.67. The van der Waals surface area contributed by atoms with E-state index < -0.39 is 16.0 Å². The van der Waals surface area contributed by atoms with Crippen molar-refractivity contribution in [2.45, 2.75) is 51.0 Å². The van der Waals surface area contributed by atoms with E-state index in [4.69, 9.17) is 5.11 Å². The number of hydrogen-bond donors (Lipinski definition) is 3. The molecule has 0 radical (unpaired) electrons. The second-order valence-electron chi connectivity index (χ2n) is 5.40. The monoisotopic (exact) mass is 302 g/mol. The number of hydrogen-bond acceptors (Lipinski definition) is 3. The Kier molecular flexibility index (Phi) is 5.76. The van der Waals surface area contributed by atoms with E-state index >= 15 is 0 Å². The molecule has 0 saturated heterocycles. The Morgan fingerprint density at radius 3 is 2.50 bits per heavy atom. The van der Waals surface area contributed by atoms with Crippen LogP contribution >= 0.6 is 0 Å². The maximum atomic E-state index is 12.1. The predicted octanol–water partition coefficient (Wildman–Crippen LogP) is 2.21. The van der Waals surface area contributed by atoms with Gasteiger partial charge in [0.1, 0.15) is 10.6 Å². The molecule has 0 amide bonds. The molecule has 1 unspecified atom stereocenters. The number of carboxylic acid groups (broad SMARTS) is 1. The van der Waals surface area contributed by atoms with Crippen molar-refractivity contribution in [2.75, 3.05) is 0 Å². The fourth-order valence-electron chi connectivity index (χ4n) is 1.88. The first kappa shape index (κ1) is 16.7. The van der Waals surface area contributed by atoms with Gasteiger partial charge in [0.25, 0.3) is 0 Å². The van der Waals surface area contributed by atoms with E-state index in [1.807, 2.05) is 6.92 Å². The summed E-state index contributed by atoms with van der Waals surface area (Å²) in [5, 5.41) is 8.77. The molecule has 0 saturated carbocycles. The Labute approximate surface area is 119 Å².